The largest absolute Gasteiger partial charge is 0.471 e. The highest BCUT2D eigenvalue weighted by molar-refractivity contribution is 6.30. The molecule has 158 valence electrons. The summed E-state index contributed by atoms with van der Waals surface area (Å²) in [6.07, 6.45) is 5.55. The van der Waals surface area contributed by atoms with Gasteiger partial charge in [0, 0.05) is 63.8 Å². The summed E-state index contributed by atoms with van der Waals surface area (Å²) >= 11 is 5.75. The number of carbonyl (C=O) groups excluding carboxylic acids is 1. The van der Waals surface area contributed by atoms with Gasteiger partial charge < -0.3 is 9.64 Å². The lowest BCUT2D eigenvalue weighted by Crippen LogP contribution is -2.48. The summed E-state index contributed by atoms with van der Waals surface area (Å²) in [5, 5.41) is 8.48. The monoisotopic (exact) mass is 432 g/mol. The molecule has 30 heavy (non-hydrogen) atoms. The molecule has 0 unspecified atom stereocenters. The minimum Gasteiger partial charge on any atom is -0.471 e. The van der Waals surface area contributed by atoms with Crippen molar-refractivity contribution in [3.8, 4) is 5.75 Å². The van der Waals surface area contributed by atoms with Crippen molar-refractivity contribution in [2.45, 2.75) is 13.3 Å². The molecule has 0 N–H and O–H groups in total. The van der Waals surface area contributed by atoms with Crippen LogP contribution < -0.4 is 4.74 Å². The van der Waals surface area contributed by atoms with Crippen LogP contribution in [0.15, 0.2) is 42.9 Å². The number of rotatable bonds is 6. The molecule has 3 heterocycles. The van der Waals surface area contributed by atoms with Gasteiger partial charge in [-0.3, -0.25) is 14.4 Å². The first-order chi connectivity index (χ1) is 14.5. The molecule has 0 bridgehead atoms. The van der Waals surface area contributed by atoms with Crippen LogP contribution in [0.25, 0.3) is 0 Å². The smallest absolute Gasteiger partial charge is 0.274 e. The Balaban J connectivity index is 1.28. The number of ether oxygens (including phenoxy) is 1. The zero-order chi connectivity index (χ0) is 21.1. The maximum absolute atomic E-state index is 13.2. The summed E-state index contributed by atoms with van der Waals surface area (Å²) in [7, 11) is 1.90. The van der Waals surface area contributed by atoms with E-state index in [0.29, 0.717) is 24.5 Å². The molecule has 8 nitrogen and oxygen atoms in total. The quantitative estimate of drug-likeness (QED) is 0.598. The maximum atomic E-state index is 13.2. The number of amides is 1. The number of hydrogen-bond acceptors (Lipinski definition) is 5. The van der Waals surface area contributed by atoms with E-state index in [9.17, 15) is 9.18 Å². The van der Waals surface area contributed by atoms with E-state index >= 15 is 0 Å². The summed E-state index contributed by atoms with van der Waals surface area (Å²) in [5.41, 5.74) is 1.54. The van der Waals surface area contributed by atoms with Gasteiger partial charge in [-0.05, 0) is 18.2 Å². The molecular formula is C20H22ClFN6O2. The van der Waals surface area contributed by atoms with Gasteiger partial charge in [0.25, 0.3) is 5.91 Å². The van der Waals surface area contributed by atoms with Crippen LogP contribution in [0.2, 0.25) is 5.02 Å². The molecule has 1 saturated heterocycles. The number of nitrogens with zero attached hydrogens (tertiary/aromatic N) is 6. The fourth-order valence-corrected chi connectivity index (χ4v) is 3.51. The van der Waals surface area contributed by atoms with Gasteiger partial charge in [0.1, 0.15) is 11.6 Å². The Morgan fingerprint density at radius 3 is 2.73 bits per heavy atom. The van der Waals surface area contributed by atoms with Crippen LogP contribution in [0.4, 0.5) is 4.39 Å². The highest BCUT2D eigenvalue weighted by Gasteiger charge is 2.24. The second-order valence-corrected chi connectivity index (χ2v) is 7.59. The van der Waals surface area contributed by atoms with Crippen LogP contribution in [0.1, 0.15) is 16.1 Å². The Labute approximate surface area is 178 Å². The second kappa shape index (κ2) is 8.85. The number of halogens is 2. The van der Waals surface area contributed by atoms with Gasteiger partial charge in [0.2, 0.25) is 0 Å². The fraction of sp³-hybridized carbons (Fsp3) is 0.350. The minimum atomic E-state index is -0.503. The molecule has 2 aromatic heterocycles. The molecule has 0 aliphatic carbocycles. The van der Waals surface area contributed by atoms with E-state index in [1.807, 2.05) is 24.3 Å². The van der Waals surface area contributed by atoms with Crippen molar-refractivity contribution in [1.29, 1.82) is 0 Å². The van der Waals surface area contributed by atoms with E-state index in [-0.39, 0.29) is 17.7 Å². The molecular weight excluding hydrogens is 411 g/mol. The molecule has 0 radical (unpaired) electrons. The number of aromatic nitrogens is 4. The van der Waals surface area contributed by atoms with Crippen molar-refractivity contribution >= 4 is 17.5 Å². The van der Waals surface area contributed by atoms with Gasteiger partial charge in [-0.1, -0.05) is 11.6 Å². The summed E-state index contributed by atoms with van der Waals surface area (Å²) in [4.78, 5) is 16.9. The molecule has 1 aliphatic heterocycles. The average molecular weight is 433 g/mol. The first-order valence-corrected chi connectivity index (χ1v) is 9.96. The Morgan fingerprint density at radius 1 is 1.23 bits per heavy atom. The van der Waals surface area contributed by atoms with Crippen LogP contribution in [-0.2, 0) is 20.3 Å². The van der Waals surface area contributed by atoms with Crippen molar-refractivity contribution in [3.63, 3.8) is 0 Å². The van der Waals surface area contributed by atoms with Gasteiger partial charge >= 0.3 is 0 Å². The number of hydrogen-bond donors (Lipinski definition) is 0. The molecule has 4 rings (SSSR count). The van der Waals surface area contributed by atoms with E-state index in [1.54, 1.807) is 16.9 Å². The van der Waals surface area contributed by atoms with Crippen LogP contribution >= 0.6 is 11.6 Å². The van der Waals surface area contributed by atoms with E-state index in [1.165, 1.54) is 28.4 Å². The van der Waals surface area contributed by atoms with E-state index in [4.69, 9.17) is 16.3 Å². The standard InChI is InChI=1S/C20H22ClFN6O2/c1-25-12-15(11-23-25)13-26-6-8-27(9-7-26)20(29)19-4-5-28(24-19)14-30-16-2-3-18(22)17(21)10-16/h2-5,10-12H,6-9,13-14H2,1H3. The maximum Gasteiger partial charge on any atom is 0.274 e. The molecule has 1 fully saturated rings. The third kappa shape index (κ3) is 4.80. The lowest BCUT2D eigenvalue weighted by atomic mass is 10.2. The van der Waals surface area contributed by atoms with Crippen molar-refractivity contribution < 1.29 is 13.9 Å². The minimum absolute atomic E-state index is 0.00787. The molecule has 1 aliphatic rings. The van der Waals surface area contributed by atoms with Crippen molar-refractivity contribution in [3.05, 3.63) is 65.0 Å². The Morgan fingerprint density at radius 2 is 2.03 bits per heavy atom. The summed E-state index contributed by atoms with van der Waals surface area (Å²) in [5.74, 6) is -0.175. The van der Waals surface area contributed by atoms with Crippen LogP contribution in [0, 0.1) is 5.82 Å². The summed E-state index contributed by atoms with van der Waals surface area (Å²) in [6.45, 7) is 3.82. The van der Waals surface area contributed by atoms with Gasteiger partial charge in [-0.25, -0.2) is 9.07 Å². The van der Waals surface area contributed by atoms with Crippen LogP contribution in [-0.4, -0.2) is 61.4 Å². The van der Waals surface area contributed by atoms with E-state index < -0.39 is 5.82 Å². The zero-order valence-electron chi connectivity index (χ0n) is 16.5. The number of aryl methyl sites for hydroxylation is 1. The molecule has 1 aromatic carbocycles. The van der Waals surface area contributed by atoms with Gasteiger partial charge in [-0.15, -0.1) is 0 Å². The van der Waals surface area contributed by atoms with Crippen molar-refractivity contribution in [2.75, 3.05) is 26.2 Å². The number of benzene rings is 1. The number of carbonyl (C=O) groups is 1. The van der Waals surface area contributed by atoms with Crippen molar-refractivity contribution in [1.82, 2.24) is 29.4 Å². The molecule has 0 spiro atoms. The third-order valence-electron chi connectivity index (χ3n) is 4.94. The zero-order valence-corrected chi connectivity index (χ0v) is 17.3. The molecule has 1 amide bonds. The molecule has 0 saturated carbocycles. The predicted octanol–water partition coefficient (Wildman–Crippen LogP) is 2.40. The number of piperazine rings is 1. The lowest BCUT2D eigenvalue weighted by Gasteiger charge is -2.34. The van der Waals surface area contributed by atoms with E-state index in [2.05, 4.69) is 15.1 Å². The van der Waals surface area contributed by atoms with Crippen molar-refractivity contribution in [2.24, 2.45) is 7.05 Å². The Bertz CT molecular complexity index is 1030. The predicted molar refractivity (Wildman–Crippen MR) is 109 cm³/mol. The lowest BCUT2D eigenvalue weighted by molar-refractivity contribution is 0.0621. The van der Waals surface area contributed by atoms with Gasteiger partial charge in [0.15, 0.2) is 12.4 Å². The van der Waals surface area contributed by atoms with Crippen LogP contribution in [0.5, 0.6) is 5.75 Å². The molecule has 3 aromatic rings. The highest BCUT2D eigenvalue weighted by Crippen LogP contribution is 2.21. The third-order valence-corrected chi connectivity index (χ3v) is 5.23. The van der Waals surface area contributed by atoms with E-state index in [0.717, 1.165) is 19.6 Å². The second-order valence-electron chi connectivity index (χ2n) is 7.18. The summed E-state index contributed by atoms with van der Waals surface area (Å²) < 4.78 is 22.1. The first-order valence-electron chi connectivity index (χ1n) is 9.58. The molecule has 10 heteroatoms. The average Bonchev–Trinajstić information content (AvgIpc) is 3.38. The van der Waals surface area contributed by atoms with Gasteiger partial charge in [-0.2, -0.15) is 10.2 Å². The topological polar surface area (TPSA) is 68.4 Å². The first kappa shape index (κ1) is 20.4. The SMILES string of the molecule is Cn1cc(CN2CCN(C(=O)c3ccn(COc4ccc(F)c(Cl)c4)n3)CC2)cn1. The van der Waals surface area contributed by atoms with Crippen LogP contribution in [0.3, 0.4) is 0 Å². The Kier molecular flexibility index (Phi) is 6.01. The fourth-order valence-electron chi connectivity index (χ4n) is 3.34. The Hall–Kier alpha value is -2.91. The van der Waals surface area contributed by atoms with Gasteiger partial charge in [0.05, 0.1) is 11.2 Å². The molecule has 0 atom stereocenters. The highest BCUT2D eigenvalue weighted by atomic mass is 35.5. The summed E-state index contributed by atoms with van der Waals surface area (Å²) in [6, 6.07) is 5.80. The normalized spacial score (nSPS) is 14.8.